The van der Waals surface area contributed by atoms with Crippen molar-refractivity contribution < 1.29 is 28.0 Å². The largest absolute Gasteiger partial charge is 0.530 e. The lowest BCUT2D eigenvalue weighted by atomic mass is 10.2. The highest BCUT2D eigenvalue weighted by Gasteiger charge is 2.39. The number of benzene rings is 1. The van der Waals surface area contributed by atoms with Gasteiger partial charge in [0.15, 0.2) is 0 Å². The number of hydrogen-bond acceptors (Lipinski definition) is 9. The molecule has 13 heteroatoms. The Morgan fingerprint density at radius 2 is 2.06 bits per heavy atom. The van der Waals surface area contributed by atoms with Crippen LogP contribution in [0, 0.1) is 18.3 Å². The fraction of sp³-hybridized carbons (Fsp3) is 0.421. The highest BCUT2D eigenvalue weighted by molar-refractivity contribution is 7.48. The van der Waals surface area contributed by atoms with Crippen LogP contribution in [0.1, 0.15) is 24.6 Å². The van der Waals surface area contributed by atoms with Gasteiger partial charge in [-0.2, -0.15) is 5.26 Å². The fourth-order valence-corrected chi connectivity index (χ4v) is 4.25. The Labute approximate surface area is 187 Å². The van der Waals surface area contributed by atoms with Gasteiger partial charge in [-0.05, 0) is 31.2 Å². The summed E-state index contributed by atoms with van der Waals surface area (Å²) < 4.78 is 35.8. The number of aromatic amines is 1. The van der Waals surface area contributed by atoms with Gasteiger partial charge in [-0.3, -0.25) is 23.4 Å². The van der Waals surface area contributed by atoms with E-state index in [1.165, 1.54) is 37.4 Å². The topological polar surface area (TPSA) is 153 Å². The number of nitrogens with zero attached hydrogens (tertiary/aromatic N) is 2. The van der Waals surface area contributed by atoms with Crippen molar-refractivity contribution in [1.82, 2.24) is 9.55 Å². The monoisotopic (exact) mass is 485 g/mol. The summed E-state index contributed by atoms with van der Waals surface area (Å²) in [4.78, 5) is 25.8. The average Bonchev–Trinajstić information content (AvgIpc) is 3.11. The molecule has 0 aliphatic carbocycles. The van der Waals surface area contributed by atoms with Crippen molar-refractivity contribution in [3.8, 4) is 11.8 Å². The van der Waals surface area contributed by atoms with E-state index in [1.807, 2.05) is 6.07 Å². The van der Waals surface area contributed by atoms with Gasteiger partial charge in [0.25, 0.3) is 5.56 Å². The summed E-state index contributed by atoms with van der Waals surface area (Å²) in [5.74, 6) is 0.163. The second kappa shape index (κ2) is 10.4. The first-order chi connectivity index (χ1) is 15.2. The lowest BCUT2D eigenvalue weighted by molar-refractivity contribution is -0.0460. The molecule has 11 nitrogen and oxygen atoms in total. The molecule has 3 rings (SSSR count). The van der Waals surface area contributed by atoms with E-state index in [1.54, 1.807) is 0 Å². The Bertz CT molecular complexity index is 1140. The standard InChI is InChI=1S/C19H21ClN3O8P/c1-12-10-23(19(26)22-18(12)25)17-9-15(24)16(30-17)11-29-32(27,28-8-2-7-21)31-14-5-3-13(20)4-6-14/h3-6,10,15-17,24H,2,8-9,11H2,1H3,(H,22,25,26)/t15-,16+,17+,32-/m0/s1. The van der Waals surface area contributed by atoms with Crippen molar-refractivity contribution in [3.05, 3.63) is 61.9 Å². The van der Waals surface area contributed by atoms with Crippen LogP contribution in [0.15, 0.2) is 40.1 Å². The number of hydrogen-bond donors (Lipinski definition) is 2. The Morgan fingerprint density at radius 1 is 1.34 bits per heavy atom. The number of phosphoric acid groups is 1. The molecule has 1 fully saturated rings. The summed E-state index contributed by atoms with van der Waals surface area (Å²) in [6.07, 6.45) is -1.55. The van der Waals surface area contributed by atoms with E-state index in [9.17, 15) is 19.3 Å². The molecule has 2 N–H and O–H groups in total. The van der Waals surface area contributed by atoms with Crippen LogP contribution in [0.5, 0.6) is 5.75 Å². The van der Waals surface area contributed by atoms with Gasteiger partial charge in [-0.25, -0.2) is 9.36 Å². The third kappa shape index (κ3) is 6.07. The number of ether oxygens (including phenoxy) is 1. The van der Waals surface area contributed by atoms with Crippen LogP contribution < -0.4 is 15.8 Å². The first kappa shape index (κ1) is 24.2. The van der Waals surface area contributed by atoms with Gasteiger partial charge in [0.1, 0.15) is 18.1 Å². The molecule has 0 bridgehead atoms. The zero-order chi connectivity index (χ0) is 23.3. The van der Waals surface area contributed by atoms with E-state index in [0.717, 1.165) is 4.57 Å². The predicted molar refractivity (Wildman–Crippen MR) is 112 cm³/mol. The van der Waals surface area contributed by atoms with E-state index in [2.05, 4.69) is 4.98 Å². The van der Waals surface area contributed by atoms with Gasteiger partial charge in [-0.15, -0.1) is 0 Å². The Kier molecular flexibility index (Phi) is 7.90. The number of halogens is 1. The Morgan fingerprint density at radius 3 is 2.75 bits per heavy atom. The van der Waals surface area contributed by atoms with Crippen LogP contribution in [0.3, 0.4) is 0 Å². The molecule has 1 aliphatic rings. The van der Waals surface area contributed by atoms with Crippen molar-refractivity contribution in [2.45, 2.75) is 38.2 Å². The van der Waals surface area contributed by atoms with Gasteiger partial charge >= 0.3 is 13.5 Å². The van der Waals surface area contributed by atoms with Gasteiger partial charge in [0, 0.05) is 23.2 Å². The number of nitriles is 1. The SMILES string of the molecule is Cc1cn([C@H]2C[C@H](O)[C@@H](CO[P@](=O)(OCCC#N)Oc3ccc(Cl)cc3)O2)c(=O)[nH]c1=O. The first-order valence-corrected chi connectivity index (χ1v) is 11.4. The van der Waals surface area contributed by atoms with Crippen molar-refractivity contribution in [2.24, 2.45) is 0 Å². The van der Waals surface area contributed by atoms with Gasteiger partial charge in [0.05, 0.1) is 31.8 Å². The van der Waals surface area contributed by atoms with E-state index in [-0.39, 0.29) is 31.8 Å². The summed E-state index contributed by atoms with van der Waals surface area (Å²) in [5.41, 5.74) is -0.899. The summed E-state index contributed by atoms with van der Waals surface area (Å²) in [6.45, 7) is 0.944. The molecule has 32 heavy (non-hydrogen) atoms. The van der Waals surface area contributed by atoms with E-state index in [0.29, 0.717) is 10.6 Å². The zero-order valence-electron chi connectivity index (χ0n) is 17.0. The number of aliphatic hydroxyl groups is 1. The van der Waals surface area contributed by atoms with Gasteiger partial charge in [0.2, 0.25) is 0 Å². The number of rotatable bonds is 9. The average molecular weight is 486 g/mol. The number of aromatic nitrogens is 2. The molecule has 2 heterocycles. The molecule has 0 unspecified atom stereocenters. The third-order valence-corrected chi connectivity index (χ3v) is 6.20. The van der Waals surface area contributed by atoms with E-state index >= 15 is 0 Å². The molecule has 1 aromatic carbocycles. The maximum Gasteiger partial charge on any atom is 0.530 e. The molecule has 0 amide bonds. The molecule has 0 radical (unpaired) electrons. The number of phosphoric ester groups is 1. The fourth-order valence-electron chi connectivity index (χ4n) is 2.92. The molecule has 172 valence electrons. The number of nitrogens with one attached hydrogen (secondary N) is 1. The van der Waals surface area contributed by atoms with E-state index in [4.69, 9.17) is 35.2 Å². The van der Waals surface area contributed by atoms with Gasteiger partial charge in [-0.1, -0.05) is 11.6 Å². The maximum absolute atomic E-state index is 13.1. The van der Waals surface area contributed by atoms with Crippen LogP contribution in [0.4, 0.5) is 0 Å². The lowest BCUT2D eigenvalue weighted by Gasteiger charge is -2.21. The highest BCUT2D eigenvalue weighted by Crippen LogP contribution is 2.50. The molecule has 1 saturated heterocycles. The minimum Gasteiger partial charge on any atom is -0.404 e. The predicted octanol–water partition coefficient (Wildman–Crippen LogP) is 2.28. The molecular formula is C19H21ClN3O8P. The van der Waals surface area contributed by atoms with Crippen LogP contribution in [0.25, 0.3) is 0 Å². The van der Waals surface area contributed by atoms with Crippen molar-refractivity contribution >= 4 is 19.4 Å². The Hall–Kier alpha value is -2.45. The molecule has 4 atom stereocenters. The smallest absolute Gasteiger partial charge is 0.404 e. The third-order valence-electron chi connectivity index (χ3n) is 4.55. The van der Waals surface area contributed by atoms with Crippen LogP contribution in [-0.4, -0.2) is 40.1 Å². The molecule has 0 spiro atoms. The number of H-pyrrole nitrogens is 1. The van der Waals surface area contributed by atoms with Crippen molar-refractivity contribution in [2.75, 3.05) is 13.2 Å². The van der Waals surface area contributed by atoms with Crippen molar-refractivity contribution in [1.29, 1.82) is 5.26 Å². The molecule has 1 aromatic heterocycles. The minimum atomic E-state index is -4.18. The molecule has 0 saturated carbocycles. The van der Waals surface area contributed by atoms with Crippen LogP contribution >= 0.6 is 19.4 Å². The summed E-state index contributed by atoms with van der Waals surface area (Å²) in [5, 5.41) is 19.5. The minimum absolute atomic E-state index is 0.0387. The molecule has 1 aliphatic heterocycles. The number of aryl methyl sites for hydroxylation is 1. The first-order valence-electron chi connectivity index (χ1n) is 9.57. The van der Waals surface area contributed by atoms with Crippen molar-refractivity contribution in [3.63, 3.8) is 0 Å². The Balaban J connectivity index is 1.69. The second-order valence-electron chi connectivity index (χ2n) is 6.94. The van der Waals surface area contributed by atoms with Gasteiger partial charge < -0.3 is 14.4 Å². The molecular weight excluding hydrogens is 465 g/mol. The zero-order valence-corrected chi connectivity index (χ0v) is 18.6. The summed E-state index contributed by atoms with van der Waals surface area (Å²) >= 11 is 5.83. The van der Waals surface area contributed by atoms with Crippen LogP contribution in [-0.2, 0) is 18.3 Å². The quantitative estimate of drug-likeness (QED) is 0.402. The van der Waals surface area contributed by atoms with Crippen LogP contribution in [0.2, 0.25) is 5.02 Å². The second-order valence-corrected chi connectivity index (χ2v) is 8.97. The highest BCUT2D eigenvalue weighted by atomic mass is 35.5. The van der Waals surface area contributed by atoms with E-state index < -0.39 is 37.5 Å². The lowest BCUT2D eigenvalue weighted by Crippen LogP contribution is -2.33. The number of aliphatic hydroxyl groups excluding tert-OH is 1. The maximum atomic E-state index is 13.1. The molecule has 2 aromatic rings. The summed E-state index contributed by atoms with van der Waals surface area (Å²) in [7, 11) is -4.18. The summed E-state index contributed by atoms with van der Waals surface area (Å²) in [6, 6.07) is 7.83. The normalized spacial score (nSPS) is 22.2.